The molecule has 2 aromatic carbocycles. The molecule has 3 rings (SSSR count). The number of hydrogen-bond donors (Lipinski definition) is 4. The van der Waals surface area contributed by atoms with Gasteiger partial charge in [-0.25, -0.2) is 4.98 Å². The lowest BCUT2D eigenvalue weighted by molar-refractivity contribution is 1.08. The highest BCUT2D eigenvalue weighted by molar-refractivity contribution is 5.74. The lowest BCUT2D eigenvalue weighted by Crippen LogP contribution is -2.10. The number of nitrogens with two attached hydrogens (primary N) is 2. The summed E-state index contributed by atoms with van der Waals surface area (Å²) in [6.07, 6.45) is 0. The van der Waals surface area contributed by atoms with Crippen LogP contribution in [0.1, 0.15) is 11.1 Å². The van der Waals surface area contributed by atoms with Gasteiger partial charge >= 0.3 is 0 Å². The molecule has 0 radical (unpaired) electrons. The molecule has 1 aromatic heterocycles. The van der Waals surface area contributed by atoms with Crippen molar-refractivity contribution >= 4 is 23.0 Å². The van der Waals surface area contributed by atoms with Gasteiger partial charge in [0.05, 0.1) is 11.4 Å². The minimum atomic E-state index is 0.536. The number of nitrogens with zero attached hydrogens (tertiary/aromatic N) is 1. The van der Waals surface area contributed by atoms with Crippen molar-refractivity contribution in [2.24, 2.45) is 0 Å². The standard InChI is InChI=1S/C19H21N5/c20-16-11-17(21)19(23-13-15-9-5-2-6-10-15)24-18(16)22-12-14-7-3-1-4-8-14/h1-11H,12-13,20-21H2,(H2,22,23,24). The number of nitrogens with one attached hydrogen (secondary N) is 2. The maximum atomic E-state index is 6.03. The van der Waals surface area contributed by atoms with E-state index in [0.29, 0.717) is 36.1 Å². The van der Waals surface area contributed by atoms with Gasteiger partial charge in [0.15, 0.2) is 11.6 Å². The highest BCUT2D eigenvalue weighted by Gasteiger charge is 2.08. The van der Waals surface area contributed by atoms with E-state index in [-0.39, 0.29) is 0 Å². The van der Waals surface area contributed by atoms with Crippen LogP contribution in [0.2, 0.25) is 0 Å². The molecule has 0 unspecified atom stereocenters. The topological polar surface area (TPSA) is 89.0 Å². The van der Waals surface area contributed by atoms with E-state index >= 15 is 0 Å². The molecule has 6 N–H and O–H groups in total. The molecule has 122 valence electrons. The summed E-state index contributed by atoms with van der Waals surface area (Å²) in [5.41, 5.74) is 15.5. The third-order valence-electron chi connectivity index (χ3n) is 3.69. The molecule has 1 heterocycles. The first-order valence-electron chi connectivity index (χ1n) is 7.84. The summed E-state index contributed by atoms with van der Waals surface area (Å²) in [4.78, 5) is 4.53. The van der Waals surface area contributed by atoms with E-state index in [1.165, 1.54) is 0 Å². The number of benzene rings is 2. The third-order valence-corrected chi connectivity index (χ3v) is 3.69. The molecule has 0 fully saturated rings. The lowest BCUT2D eigenvalue weighted by atomic mass is 10.2. The number of aromatic nitrogens is 1. The van der Waals surface area contributed by atoms with Crippen LogP contribution in [0, 0.1) is 0 Å². The van der Waals surface area contributed by atoms with Crippen molar-refractivity contribution in [3.8, 4) is 0 Å². The summed E-state index contributed by atoms with van der Waals surface area (Å²) in [5.74, 6) is 1.26. The van der Waals surface area contributed by atoms with Gasteiger partial charge in [-0.15, -0.1) is 0 Å². The first kappa shape index (κ1) is 15.7. The Hall–Kier alpha value is -3.21. The third kappa shape index (κ3) is 3.95. The maximum Gasteiger partial charge on any atom is 0.152 e. The van der Waals surface area contributed by atoms with E-state index < -0.39 is 0 Å². The van der Waals surface area contributed by atoms with Crippen molar-refractivity contribution in [2.45, 2.75) is 13.1 Å². The lowest BCUT2D eigenvalue weighted by Gasteiger charge is -2.14. The highest BCUT2D eigenvalue weighted by atomic mass is 15.1. The number of nitrogen functional groups attached to an aromatic ring is 2. The zero-order valence-corrected chi connectivity index (χ0v) is 13.4. The first-order valence-corrected chi connectivity index (χ1v) is 7.84. The SMILES string of the molecule is Nc1cc(N)c(NCc2ccccc2)nc1NCc1ccccc1. The minimum Gasteiger partial charge on any atom is -0.396 e. The predicted molar refractivity (Wildman–Crippen MR) is 101 cm³/mol. The summed E-state index contributed by atoms with van der Waals surface area (Å²) in [7, 11) is 0. The van der Waals surface area contributed by atoms with Crippen molar-refractivity contribution in [2.75, 3.05) is 22.1 Å². The van der Waals surface area contributed by atoms with Gasteiger partial charge in [0, 0.05) is 13.1 Å². The van der Waals surface area contributed by atoms with E-state index in [4.69, 9.17) is 11.5 Å². The molecule has 0 aliphatic rings. The van der Waals surface area contributed by atoms with Crippen molar-refractivity contribution in [3.63, 3.8) is 0 Å². The van der Waals surface area contributed by atoms with Crippen LogP contribution in [-0.4, -0.2) is 4.98 Å². The zero-order chi connectivity index (χ0) is 16.8. The largest absolute Gasteiger partial charge is 0.396 e. The van der Waals surface area contributed by atoms with E-state index in [9.17, 15) is 0 Å². The Bertz CT molecular complexity index is 723. The predicted octanol–water partition coefficient (Wildman–Crippen LogP) is 3.47. The Labute approximate surface area is 141 Å². The fourth-order valence-corrected chi connectivity index (χ4v) is 2.39. The summed E-state index contributed by atoms with van der Waals surface area (Å²) < 4.78 is 0. The zero-order valence-electron chi connectivity index (χ0n) is 13.4. The second-order valence-corrected chi connectivity index (χ2v) is 5.54. The Kier molecular flexibility index (Phi) is 4.81. The smallest absolute Gasteiger partial charge is 0.152 e. The maximum absolute atomic E-state index is 6.03. The Balaban J connectivity index is 1.71. The van der Waals surface area contributed by atoms with Crippen molar-refractivity contribution in [1.29, 1.82) is 0 Å². The van der Waals surface area contributed by atoms with Gasteiger partial charge in [-0.2, -0.15) is 0 Å². The Morgan fingerprint density at radius 3 is 1.50 bits per heavy atom. The van der Waals surface area contributed by atoms with Crippen molar-refractivity contribution in [3.05, 3.63) is 77.9 Å². The quantitative estimate of drug-likeness (QED) is 0.559. The molecule has 5 nitrogen and oxygen atoms in total. The van der Waals surface area contributed by atoms with Crippen LogP contribution in [-0.2, 0) is 13.1 Å². The van der Waals surface area contributed by atoms with Gasteiger partial charge in [-0.3, -0.25) is 0 Å². The van der Waals surface area contributed by atoms with Gasteiger partial charge in [-0.05, 0) is 17.2 Å². The molecule has 24 heavy (non-hydrogen) atoms. The molecule has 0 saturated carbocycles. The van der Waals surface area contributed by atoms with Crippen LogP contribution < -0.4 is 22.1 Å². The number of pyridine rings is 1. The second kappa shape index (κ2) is 7.37. The van der Waals surface area contributed by atoms with Gasteiger partial charge < -0.3 is 22.1 Å². The van der Waals surface area contributed by atoms with E-state index in [0.717, 1.165) is 11.1 Å². The molecular weight excluding hydrogens is 298 g/mol. The molecule has 5 heteroatoms. The average Bonchev–Trinajstić information content (AvgIpc) is 2.62. The first-order chi connectivity index (χ1) is 11.7. The molecule has 0 spiro atoms. The van der Waals surface area contributed by atoms with Crippen LogP contribution in [0.25, 0.3) is 0 Å². The molecule has 0 saturated heterocycles. The fourth-order valence-electron chi connectivity index (χ4n) is 2.39. The van der Waals surface area contributed by atoms with E-state index in [1.807, 2.05) is 36.4 Å². The van der Waals surface area contributed by atoms with Crippen LogP contribution in [0.5, 0.6) is 0 Å². The summed E-state index contributed by atoms with van der Waals surface area (Å²) in [6, 6.07) is 21.9. The Morgan fingerprint density at radius 2 is 1.08 bits per heavy atom. The second-order valence-electron chi connectivity index (χ2n) is 5.54. The van der Waals surface area contributed by atoms with Crippen LogP contribution in [0.15, 0.2) is 66.7 Å². The fraction of sp³-hybridized carbons (Fsp3) is 0.105. The molecular formula is C19H21N5. The van der Waals surface area contributed by atoms with E-state index in [2.05, 4.69) is 39.9 Å². The van der Waals surface area contributed by atoms with Gasteiger partial charge in [0.1, 0.15) is 0 Å². The summed E-state index contributed by atoms with van der Waals surface area (Å²) in [6.45, 7) is 1.31. The molecule has 0 amide bonds. The van der Waals surface area contributed by atoms with E-state index in [1.54, 1.807) is 6.07 Å². The molecule has 0 aliphatic carbocycles. The van der Waals surface area contributed by atoms with Gasteiger partial charge in [-0.1, -0.05) is 60.7 Å². The van der Waals surface area contributed by atoms with Gasteiger partial charge in [0.2, 0.25) is 0 Å². The molecule has 3 aromatic rings. The normalized spacial score (nSPS) is 10.3. The number of hydrogen-bond acceptors (Lipinski definition) is 5. The van der Waals surface area contributed by atoms with Crippen LogP contribution >= 0.6 is 0 Å². The Morgan fingerprint density at radius 1 is 0.667 bits per heavy atom. The monoisotopic (exact) mass is 319 g/mol. The molecule has 0 bridgehead atoms. The van der Waals surface area contributed by atoms with Crippen molar-refractivity contribution in [1.82, 2.24) is 4.98 Å². The summed E-state index contributed by atoms with van der Waals surface area (Å²) >= 11 is 0. The number of rotatable bonds is 6. The summed E-state index contributed by atoms with van der Waals surface area (Å²) in [5, 5.41) is 6.53. The van der Waals surface area contributed by atoms with Crippen LogP contribution in [0.4, 0.5) is 23.0 Å². The highest BCUT2D eigenvalue weighted by Crippen LogP contribution is 2.26. The average molecular weight is 319 g/mol. The number of anilines is 4. The van der Waals surface area contributed by atoms with Gasteiger partial charge in [0.25, 0.3) is 0 Å². The molecule has 0 atom stereocenters. The molecule has 0 aliphatic heterocycles. The minimum absolute atomic E-state index is 0.536. The van der Waals surface area contributed by atoms with Crippen molar-refractivity contribution < 1.29 is 0 Å². The van der Waals surface area contributed by atoms with Crippen LogP contribution in [0.3, 0.4) is 0 Å².